The summed E-state index contributed by atoms with van der Waals surface area (Å²) >= 11 is 0. The lowest BCUT2D eigenvalue weighted by Crippen LogP contribution is -2.41. The van der Waals surface area contributed by atoms with Gasteiger partial charge >= 0.3 is 6.09 Å². The number of rotatable bonds is 5. The highest BCUT2D eigenvalue weighted by atomic mass is 16.6. The van der Waals surface area contributed by atoms with Gasteiger partial charge in [0.2, 0.25) is 0 Å². The topological polar surface area (TPSA) is 38.8 Å². The fraction of sp³-hybridized carbons (Fsp3) is 0.438. The first kappa shape index (κ1) is 14.4. The lowest BCUT2D eigenvalue weighted by Gasteiger charge is -2.31. The Balaban J connectivity index is 1.78. The Morgan fingerprint density at radius 2 is 2.20 bits per heavy atom. The van der Waals surface area contributed by atoms with Crippen LogP contribution in [0.15, 0.2) is 43.2 Å². The zero-order valence-corrected chi connectivity index (χ0v) is 11.7. The van der Waals surface area contributed by atoms with Crippen LogP contribution in [0.3, 0.4) is 0 Å². The molecule has 1 atom stereocenters. The molecule has 1 aromatic rings. The summed E-state index contributed by atoms with van der Waals surface area (Å²) in [4.78, 5) is 13.8. The standard InChI is InChI=1S/C16H21NO3/c1-2-19-12-15-9-6-10-17(11-15)16(18)20-13-14-7-4-3-5-8-14/h2-5,7-8,15H,1,6,9-13H2. The number of ether oxygens (including phenoxy) is 2. The highest BCUT2D eigenvalue weighted by Crippen LogP contribution is 2.18. The van der Waals surface area contributed by atoms with E-state index >= 15 is 0 Å². The van der Waals surface area contributed by atoms with E-state index in [-0.39, 0.29) is 6.09 Å². The van der Waals surface area contributed by atoms with Crippen molar-refractivity contribution in [2.24, 2.45) is 5.92 Å². The van der Waals surface area contributed by atoms with Crippen molar-refractivity contribution in [3.05, 3.63) is 48.7 Å². The Morgan fingerprint density at radius 3 is 2.95 bits per heavy atom. The second-order valence-electron chi connectivity index (χ2n) is 4.99. The second kappa shape index (κ2) is 7.58. The first-order valence-electron chi connectivity index (χ1n) is 6.97. The summed E-state index contributed by atoms with van der Waals surface area (Å²) in [5, 5.41) is 0. The van der Waals surface area contributed by atoms with E-state index in [1.54, 1.807) is 4.90 Å². The van der Waals surface area contributed by atoms with Crippen LogP contribution in [0.1, 0.15) is 18.4 Å². The van der Waals surface area contributed by atoms with Crippen molar-refractivity contribution >= 4 is 6.09 Å². The Bertz CT molecular complexity index is 433. The molecule has 2 rings (SSSR count). The minimum Gasteiger partial charge on any atom is -0.501 e. The van der Waals surface area contributed by atoms with Gasteiger partial charge in [-0.25, -0.2) is 4.79 Å². The third-order valence-electron chi connectivity index (χ3n) is 3.43. The van der Waals surface area contributed by atoms with E-state index in [4.69, 9.17) is 9.47 Å². The second-order valence-corrected chi connectivity index (χ2v) is 4.99. The van der Waals surface area contributed by atoms with Gasteiger partial charge in [0.1, 0.15) is 6.61 Å². The van der Waals surface area contributed by atoms with Crippen LogP contribution in [0.5, 0.6) is 0 Å². The monoisotopic (exact) mass is 275 g/mol. The fourth-order valence-electron chi connectivity index (χ4n) is 2.38. The van der Waals surface area contributed by atoms with Crippen LogP contribution < -0.4 is 0 Å². The summed E-state index contributed by atoms with van der Waals surface area (Å²) in [5.74, 6) is 0.367. The molecular formula is C16H21NO3. The number of hydrogen-bond acceptors (Lipinski definition) is 3. The third kappa shape index (κ3) is 4.30. The molecule has 1 unspecified atom stereocenters. The Labute approximate surface area is 120 Å². The van der Waals surface area contributed by atoms with Crippen LogP contribution in [0, 0.1) is 5.92 Å². The average Bonchev–Trinajstić information content (AvgIpc) is 2.52. The summed E-state index contributed by atoms with van der Waals surface area (Å²) < 4.78 is 10.6. The van der Waals surface area contributed by atoms with Gasteiger partial charge in [-0.2, -0.15) is 0 Å². The van der Waals surface area contributed by atoms with Crippen molar-refractivity contribution < 1.29 is 14.3 Å². The predicted molar refractivity (Wildman–Crippen MR) is 77.1 cm³/mol. The molecule has 0 radical (unpaired) electrons. The van der Waals surface area contributed by atoms with E-state index in [0.717, 1.165) is 24.9 Å². The van der Waals surface area contributed by atoms with Gasteiger partial charge in [0.15, 0.2) is 0 Å². The lowest BCUT2D eigenvalue weighted by molar-refractivity contribution is 0.0661. The van der Waals surface area contributed by atoms with E-state index in [1.165, 1.54) is 6.26 Å². The molecule has 1 amide bonds. The van der Waals surface area contributed by atoms with Gasteiger partial charge in [0.25, 0.3) is 0 Å². The number of carbonyl (C=O) groups is 1. The fourth-order valence-corrected chi connectivity index (χ4v) is 2.38. The molecule has 1 aliphatic heterocycles. The molecule has 108 valence electrons. The maximum atomic E-state index is 12.0. The zero-order valence-electron chi connectivity index (χ0n) is 11.7. The van der Waals surface area contributed by atoms with E-state index in [0.29, 0.717) is 25.7 Å². The number of hydrogen-bond donors (Lipinski definition) is 0. The Morgan fingerprint density at radius 1 is 1.40 bits per heavy atom. The Kier molecular flexibility index (Phi) is 5.47. The van der Waals surface area contributed by atoms with E-state index < -0.39 is 0 Å². The Hall–Kier alpha value is -1.97. The first-order chi connectivity index (χ1) is 9.79. The summed E-state index contributed by atoms with van der Waals surface area (Å²) in [5.41, 5.74) is 1.00. The molecule has 0 aliphatic carbocycles. The van der Waals surface area contributed by atoms with Crippen LogP contribution in [-0.4, -0.2) is 30.7 Å². The third-order valence-corrected chi connectivity index (χ3v) is 3.43. The SMILES string of the molecule is C=COCC1CCCN(C(=O)OCc2ccccc2)C1. The van der Waals surface area contributed by atoms with Crippen LogP contribution >= 0.6 is 0 Å². The lowest BCUT2D eigenvalue weighted by atomic mass is 9.99. The first-order valence-corrected chi connectivity index (χ1v) is 6.97. The van der Waals surface area contributed by atoms with Gasteiger partial charge in [-0.3, -0.25) is 0 Å². The van der Waals surface area contributed by atoms with E-state index in [1.807, 2.05) is 30.3 Å². The molecule has 0 N–H and O–H groups in total. The zero-order chi connectivity index (χ0) is 14.2. The molecule has 0 bridgehead atoms. The normalized spacial score (nSPS) is 18.4. The van der Waals surface area contributed by atoms with Crippen LogP contribution in [-0.2, 0) is 16.1 Å². The number of likely N-dealkylation sites (tertiary alicyclic amines) is 1. The molecule has 1 saturated heterocycles. The highest BCUT2D eigenvalue weighted by molar-refractivity contribution is 5.67. The van der Waals surface area contributed by atoms with Gasteiger partial charge in [-0.15, -0.1) is 0 Å². The van der Waals surface area contributed by atoms with Gasteiger partial charge in [-0.05, 0) is 18.4 Å². The van der Waals surface area contributed by atoms with Crippen molar-refractivity contribution in [3.8, 4) is 0 Å². The van der Waals surface area contributed by atoms with Gasteiger partial charge in [-0.1, -0.05) is 36.9 Å². The molecule has 4 nitrogen and oxygen atoms in total. The smallest absolute Gasteiger partial charge is 0.410 e. The number of benzene rings is 1. The van der Waals surface area contributed by atoms with Gasteiger partial charge in [0, 0.05) is 19.0 Å². The van der Waals surface area contributed by atoms with Crippen molar-refractivity contribution in [3.63, 3.8) is 0 Å². The molecular weight excluding hydrogens is 254 g/mol. The van der Waals surface area contributed by atoms with Crippen molar-refractivity contribution in [2.45, 2.75) is 19.4 Å². The van der Waals surface area contributed by atoms with Crippen molar-refractivity contribution in [1.82, 2.24) is 4.90 Å². The number of nitrogens with zero attached hydrogens (tertiary/aromatic N) is 1. The van der Waals surface area contributed by atoms with Gasteiger partial charge < -0.3 is 14.4 Å². The maximum absolute atomic E-state index is 12.0. The molecule has 20 heavy (non-hydrogen) atoms. The molecule has 1 aromatic carbocycles. The molecule has 1 heterocycles. The van der Waals surface area contributed by atoms with E-state index in [2.05, 4.69) is 6.58 Å². The van der Waals surface area contributed by atoms with Crippen molar-refractivity contribution in [1.29, 1.82) is 0 Å². The summed E-state index contributed by atoms with van der Waals surface area (Å²) in [7, 11) is 0. The maximum Gasteiger partial charge on any atom is 0.410 e. The minimum absolute atomic E-state index is 0.239. The molecule has 0 spiro atoms. The molecule has 1 fully saturated rings. The molecule has 0 saturated carbocycles. The minimum atomic E-state index is -0.239. The van der Waals surface area contributed by atoms with Crippen molar-refractivity contribution in [2.75, 3.05) is 19.7 Å². The quantitative estimate of drug-likeness (QED) is 0.775. The summed E-state index contributed by atoms with van der Waals surface area (Å²) in [6, 6.07) is 9.72. The van der Waals surface area contributed by atoms with Crippen LogP contribution in [0.4, 0.5) is 4.79 Å². The largest absolute Gasteiger partial charge is 0.501 e. The molecule has 1 aliphatic rings. The summed E-state index contributed by atoms with van der Waals surface area (Å²) in [6.45, 7) is 5.93. The van der Waals surface area contributed by atoms with Crippen LogP contribution in [0.2, 0.25) is 0 Å². The van der Waals surface area contributed by atoms with Crippen LogP contribution in [0.25, 0.3) is 0 Å². The number of amides is 1. The molecule has 0 aromatic heterocycles. The highest BCUT2D eigenvalue weighted by Gasteiger charge is 2.24. The van der Waals surface area contributed by atoms with Gasteiger partial charge in [0.05, 0.1) is 12.9 Å². The predicted octanol–water partition coefficient (Wildman–Crippen LogP) is 3.20. The van der Waals surface area contributed by atoms with E-state index in [9.17, 15) is 4.79 Å². The molecule has 4 heteroatoms. The summed E-state index contributed by atoms with van der Waals surface area (Å²) in [6.07, 6.45) is 3.28. The number of carbonyl (C=O) groups excluding carboxylic acids is 1. The number of piperidine rings is 1. The average molecular weight is 275 g/mol.